The molecule has 0 aliphatic carbocycles. The van der Waals surface area contributed by atoms with Crippen molar-refractivity contribution in [2.24, 2.45) is 11.5 Å². The van der Waals surface area contributed by atoms with Crippen LogP contribution in [0.1, 0.15) is 6.42 Å². The highest BCUT2D eigenvalue weighted by Gasteiger charge is 2.46. The second kappa shape index (κ2) is 6.37. The first kappa shape index (κ1) is 17.9. The summed E-state index contributed by atoms with van der Waals surface area (Å²) in [5, 5.41) is 17.6. The number of thiol groups is 2. The lowest BCUT2D eigenvalue weighted by Gasteiger charge is -2.24. The zero-order valence-corrected chi connectivity index (χ0v) is 11.5. The molecule has 2 unspecified atom stereocenters. The number of hydrogen-bond donors (Lipinski definition) is 6. The SMILES string of the molecule is NC(CS)(C(=O)O)C(=O)CC(=O)C(N)(CS)C(=O)O. The molecule has 0 fully saturated rings. The normalized spacial score (nSPS) is 17.1. The smallest absolute Gasteiger partial charge is 0.332 e. The van der Waals surface area contributed by atoms with Gasteiger partial charge in [-0.25, -0.2) is 9.59 Å². The van der Waals surface area contributed by atoms with Crippen molar-refractivity contribution < 1.29 is 29.4 Å². The van der Waals surface area contributed by atoms with Gasteiger partial charge in [0, 0.05) is 11.5 Å². The van der Waals surface area contributed by atoms with E-state index in [4.69, 9.17) is 21.7 Å². The molecule has 6 N–H and O–H groups in total. The van der Waals surface area contributed by atoms with Crippen LogP contribution in [0.4, 0.5) is 0 Å². The molecular weight excluding hydrogens is 296 g/mol. The molecule has 0 heterocycles. The predicted octanol–water partition coefficient (Wildman–Crippen LogP) is -2.06. The minimum absolute atomic E-state index is 0.542. The first-order valence-corrected chi connectivity index (χ1v) is 6.15. The Hall–Kier alpha value is -1.10. The van der Waals surface area contributed by atoms with Gasteiger partial charge in [-0.05, 0) is 0 Å². The fourth-order valence-corrected chi connectivity index (χ4v) is 1.63. The Morgan fingerprint density at radius 3 is 1.26 bits per heavy atom. The molecule has 0 aromatic rings. The average molecular weight is 310 g/mol. The highest BCUT2D eigenvalue weighted by atomic mass is 32.1. The van der Waals surface area contributed by atoms with Gasteiger partial charge in [0.05, 0.1) is 6.42 Å². The number of nitrogens with two attached hydrogens (primary N) is 2. The third-order valence-corrected chi connectivity index (χ3v) is 3.58. The van der Waals surface area contributed by atoms with Gasteiger partial charge in [-0.3, -0.25) is 9.59 Å². The van der Waals surface area contributed by atoms with Crippen molar-refractivity contribution in [1.82, 2.24) is 0 Å². The fraction of sp³-hybridized carbons (Fsp3) is 0.556. The van der Waals surface area contributed by atoms with Crippen LogP contribution in [-0.4, -0.2) is 56.3 Å². The second-order valence-corrected chi connectivity index (χ2v) is 4.52. The molecule has 0 saturated heterocycles. The van der Waals surface area contributed by atoms with Crippen LogP contribution in [0.2, 0.25) is 0 Å². The van der Waals surface area contributed by atoms with E-state index in [1.54, 1.807) is 0 Å². The summed E-state index contributed by atoms with van der Waals surface area (Å²) in [6, 6.07) is 0. The van der Waals surface area contributed by atoms with Crippen LogP contribution in [-0.2, 0) is 19.2 Å². The molecule has 19 heavy (non-hydrogen) atoms. The van der Waals surface area contributed by atoms with Crippen molar-refractivity contribution in [3.63, 3.8) is 0 Å². The molecule has 2 atom stereocenters. The summed E-state index contributed by atoms with van der Waals surface area (Å²) in [7, 11) is 0. The highest BCUT2D eigenvalue weighted by Crippen LogP contribution is 2.14. The highest BCUT2D eigenvalue weighted by molar-refractivity contribution is 7.80. The van der Waals surface area contributed by atoms with E-state index in [1.165, 1.54) is 0 Å². The van der Waals surface area contributed by atoms with Gasteiger partial charge < -0.3 is 21.7 Å². The zero-order valence-electron chi connectivity index (χ0n) is 9.70. The average Bonchev–Trinajstić information content (AvgIpc) is 2.35. The van der Waals surface area contributed by atoms with Crippen LogP contribution in [0, 0.1) is 0 Å². The van der Waals surface area contributed by atoms with Gasteiger partial charge in [0.1, 0.15) is 0 Å². The maximum Gasteiger partial charge on any atom is 0.332 e. The monoisotopic (exact) mass is 310 g/mol. The largest absolute Gasteiger partial charge is 0.480 e. The van der Waals surface area contributed by atoms with Crippen LogP contribution in [0.5, 0.6) is 0 Å². The molecule has 0 amide bonds. The number of carbonyl (C=O) groups is 4. The summed E-state index contributed by atoms with van der Waals surface area (Å²) in [5.74, 6) is -6.75. The van der Waals surface area contributed by atoms with E-state index in [1.807, 2.05) is 0 Å². The summed E-state index contributed by atoms with van der Waals surface area (Å²) in [6.45, 7) is 0. The van der Waals surface area contributed by atoms with E-state index in [9.17, 15) is 19.2 Å². The summed E-state index contributed by atoms with van der Waals surface area (Å²) >= 11 is 7.28. The number of rotatable bonds is 8. The summed E-state index contributed by atoms with van der Waals surface area (Å²) in [6.07, 6.45) is -1.02. The maximum absolute atomic E-state index is 11.7. The number of Topliss-reactive ketones (excluding diaryl/α,β-unsaturated/α-hetero) is 2. The lowest BCUT2D eigenvalue weighted by Crippen LogP contribution is -2.61. The van der Waals surface area contributed by atoms with Crippen LogP contribution < -0.4 is 11.5 Å². The number of hydrogen-bond acceptors (Lipinski definition) is 8. The molecule has 0 spiro atoms. The van der Waals surface area contributed by atoms with E-state index in [-0.39, 0.29) is 0 Å². The molecule has 0 rings (SSSR count). The Bertz CT molecular complexity index is 391. The quantitative estimate of drug-likeness (QED) is 0.220. The topological polar surface area (TPSA) is 161 Å². The molecule has 0 aliphatic rings. The van der Waals surface area contributed by atoms with Crippen molar-refractivity contribution in [3.05, 3.63) is 0 Å². The zero-order chi connectivity index (χ0) is 15.4. The van der Waals surface area contributed by atoms with Crippen molar-refractivity contribution in [3.8, 4) is 0 Å². The molecule has 10 heteroatoms. The van der Waals surface area contributed by atoms with Gasteiger partial charge in [0.15, 0.2) is 22.6 Å². The Balaban J connectivity index is 5.17. The van der Waals surface area contributed by atoms with Crippen molar-refractivity contribution in [2.45, 2.75) is 17.5 Å². The van der Waals surface area contributed by atoms with Gasteiger partial charge in [-0.15, -0.1) is 0 Å². The van der Waals surface area contributed by atoms with Gasteiger partial charge >= 0.3 is 11.9 Å². The molecule has 0 aliphatic heterocycles. The molecule has 0 aromatic heterocycles. The lowest BCUT2D eigenvalue weighted by atomic mass is 9.87. The number of carbonyl (C=O) groups excluding carboxylic acids is 2. The summed E-state index contributed by atoms with van der Waals surface area (Å²) < 4.78 is 0. The van der Waals surface area contributed by atoms with Gasteiger partial charge in [-0.1, -0.05) is 0 Å². The van der Waals surface area contributed by atoms with E-state index >= 15 is 0 Å². The number of carboxylic acid groups (broad SMARTS) is 2. The molecule has 8 nitrogen and oxygen atoms in total. The van der Waals surface area contributed by atoms with Crippen LogP contribution in [0.15, 0.2) is 0 Å². The Kier molecular flexibility index (Phi) is 6.00. The van der Waals surface area contributed by atoms with E-state index in [2.05, 4.69) is 25.3 Å². The third-order valence-electron chi connectivity index (χ3n) is 2.58. The molecule has 0 aromatic carbocycles. The number of ketones is 2. The van der Waals surface area contributed by atoms with E-state index in [0.717, 1.165) is 0 Å². The summed E-state index contributed by atoms with van der Waals surface area (Å²) in [5.41, 5.74) is 5.88. The van der Waals surface area contributed by atoms with Crippen molar-refractivity contribution >= 4 is 48.8 Å². The molecule has 0 radical (unpaired) electrons. The Labute approximate surface area is 119 Å². The van der Waals surface area contributed by atoms with Gasteiger partial charge in [0.2, 0.25) is 0 Å². The number of aliphatic carboxylic acids is 2. The first-order chi connectivity index (χ1) is 8.56. The van der Waals surface area contributed by atoms with Crippen LogP contribution >= 0.6 is 25.3 Å². The molecular formula is C9H14N2O6S2. The van der Waals surface area contributed by atoms with Crippen molar-refractivity contribution in [1.29, 1.82) is 0 Å². The second-order valence-electron chi connectivity index (χ2n) is 3.89. The van der Waals surface area contributed by atoms with E-state index < -0.39 is 52.5 Å². The number of carboxylic acids is 2. The lowest BCUT2D eigenvalue weighted by molar-refractivity contribution is -0.149. The Morgan fingerprint density at radius 1 is 0.842 bits per heavy atom. The first-order valence-electron chi connectivity index (χ1n) is 4.89. The van der Waals surface area contributed by atoms with Gasteiger partial charge in [0.25, 0.3) is 0 Å². The van der Waals surface area contributed by atoms with Crippen molar-refractivity contribution in [2.75, 3.05) is 11.5 Å². The van der Waals surface area contributed by atoms with Crippen LogP contribution in [0.3, 0.4) is 0 Å². The van der Waals surface area contributed by atoms with Crippen LogP contribution in [0.25, 0.3) is 0 Å². The molecule has 0 saturated carbocycles. The fourth-order valence-electron chi connectivity index (χ4n) is 1.01. The Morgan fingerprint density at radius 2 is 1.11 bits per heavy atom. The maximum atomic E-state index is 11.7. The minimum atomic E-state index is -2.37. The summed E-state index contributed by atoms with van der Waals surface area (Å²) in [4.78, 5) is 45.1. The minimum Gasteiger partial charge on any atom is -0.480 e. The van der Waals surface area contributed by atoms with E-state index in [0.29, 0.717) is 0 Å². The molecule has 0 bridgehead atoms. The predicted molar refractivity (Wildman–Crippen MR) is 71.4 cm³/mol. The van der Waals surface area contributed by atoms with Gasteiger partial charge in [-0.2, -0.15) is 25.3 Å². The molecule has 108 valence electrons. The third kappa shape index (κ3) is 3.47. The standard InChI is InChI=1S/C9H14N2O6S2/c10-8(2-18,6(14)15)4(12)1-5(13)9(11,3-19)7(16)17/h18-19H,1-3,10-11H2,(H,14,15)(H,16,17).